The van der Waals surface area contributed by atoms with E-state index in [4.69, 9.17) is 16.3 Å². The largest absolute Gasteiger partial charge is 0.463 e. The summed E-state index contributed by atoms with van der Waals surface area (Å²) in [5.41, 5.74) is 1.95. The van der Waals surface area contributed by atoms with Gasteiger partial charge in [0.1, 0.15) is 6.04 Å². The molecule has 1 aromatic heterocycles. The maximum Gasteiger partial charge on any atom is 0.338 e. The van der Waals surface area contributed by atoms with Crippen molar-refractivity contribution in [3.8, 4) is 0 Å². The lowest BCUT2D eigenvalue weighted by atomic mass is 9.96. The molecule has 24 heavy (non-hydrogen) atoms. The first kappa shape index (κ1) is 16.9. The molecule has 1 aliphatic rings. The summed E-state index contributed by atoms with van der Waals surface area (Å²) in [5, 5.41) is 8.81. The first-order chi connectivity index (χ1) is 11.6. The highest BCUT2D eigenvalue weighted by Crippen LogP contribution is 2.38. The second-order valence-electron chi connectivity index (χ2n) is 5.17. The highest BCUT2D eigenvalue weighted by molar-refractivity contribution is 7.98. The van der Waals surface area contributed by atoms with Gasteiger partial charge < -0.3 is 10.1 Å². The summed E-state index contributed by atoms with van der Waals surface area (Å²) in [4.78, 5) is 17.0. The van der Waals surface area contributed by atoms with Crippen molar-refractivity contribution in [3.05, 3.63) is 46.1 Å². The average Bonchev–Trinajstić information content (AvgIpc) is 2.97. The first-order valence-corrected chi connectivity index (χ1v) is 9.07. The highest BCUT2D eigenvalue weighted by atomic mass is 35.5. The Morgan fingerprint density at radius 2 is 2.21 bits per heavy atom. The number of nitrogens with zero attached hydrogens (tertiary/aromatic N) is 3. The highest BCUT2D eigenvalue weighted by Gasteiger charge is 2.36. The number of hydrogen-bond donors (Lipinski definition) is 1. The SMILES string of the molecule is CCOC(=O)C1=C(C)Nc2nc(SC)nn2[C@H]1c1ccccc1Cl. The van der Waals surface area contributed by atoms with Gasteiger partial charge in [0.15, 0.2) is 0 Å². The number of allylic oxidation sites excluding steroid dienone is 1. The van der Waals surface area contributed by atoms with Crippen LogP contribution in [0, 0.1) is 0 Å². The van der Waals surface area contributed by atoms with E-state index in [2.05, 4.69) is 15.4 Å². The molecule has 1 aromatic carbocycles. The van der Waals surface area contributed by atoms with Crippen molar-refractivity contribution in [2.45, 2.75) is 25.0 Å². The number of aromatic nitrogens is 3. The minimum atomic E-state index is -0.484. The molecule has 6 nitrogen and oxygen atoms in total. The maximum absolute atomic E-state index is 12.6. The van der Waals surface area contributed by atoms with Crippen LogP contribution in [0.1, 0.15) is 25.5 Å². The smallest absolute Gasteiger partial charge is 0.338 e. The fourth-order valence-electron chi connectivity index (χ4n) is 2.68. The van der Waals surface area contributed by atoms with E-state index in [1.807, 2.05) is 31.4 Å². The Labute approximate surface area is 149 Å². The molecular weight excluding hydrogens is 348 g/mol. The van der Waals surface area contributed by atoms with E-state index in [-0.39, 0.29) is 5.97 Å². The average molecular weight is 365 g/mol. The van der Waals surface area contributed by atoms with Gasteiger partial charge in [-0.25, -0.2) is 9.48 Å². The molecular formula is C16H17ClN4O2S. The summed E-state index contributed by atoms with van der Waals surface area (Å²) in [7, 11) is 0. The van der Waals surface area contributed by atoms with Crippen LogP contribution in [0.4, 0.5) is 5.95 Å². The van der Waals surface area contributed by atoms with Crippen molar-refractivity contribution in [2.75, 3.05) is 18.2 Å². The molecule has 8 heteroatoms. The molecule has 0 spiro atoms. The van der Waals surface area contributed by atoms with Gasteiger partial charge in [0.25, 0.3) is 0 Å². The van der Waals surface area contributed by atoms with Crippen molar-refractivity contribution in [1.29, 1.82) is 0 Å². The second-order valence-corrected chi connectivity index (χ2v) is 6.36. The monoisotopic (exact) mass is 364 g/mol. The Kier molecular flexibility index (Phi) is 4.82. The van der Waals surface area contributed by atoms with Gasteiger partial charge in [-0.2, -0.15) is 4.98 Å². The number of ether oxygens (including phenoxy) is 1. The minimum Gasteiger partial charge on any atom is -0.463 e. The summed E-state index contributed by atoms with van der Waals surface area (Å²) in [6.45, 7) is 3.90. The third-order valence-corrected chi connectivity index (χ3v) is 4.59. The predicted molar refractivity (Wildman–Crippen MR) is 94.3 cm³/mol. The van der Waals surface area contributed by atoms with Gasteiger partial charge in [-0.3, -0.25) is 0 Å². The third-order valence-electron chi connectivity index (χ3n) is 3.71. The zero-order chi connectivity index (χ0) is 17.3. The molecule has 0 amide bonds. The first-order valence-electron chi connectivity index (χ1n) is 7.46. The molecule has 0 fully saturated rings. The van der Waals surface area contributed by atoms with Crippen LogP contribution in [0.25, 0.3) is 0 Å². The lowest BCUT2D eigenvalue weighted by Crippen LogP contribution is -2.29. The number of carbonyl (C=O) groups excluding carboxylic acids is 1. The van der Waals surface area contributed by atoms with Crippen LogP contribution in [-0.4, -0.2) is 33.6 Å². The molecule has 0 bridgehead atoms. The van der Waals surface area contributed by atoms with Crippen molar-refractivity contribution >= 4 is 35.3 Å². The molecule has 0 radical (unpaired) electrons. The van der Waals surface area contributed by atoms with Crippen LogP contribution in [0.5, 0.6) is 0 Å². The van der Waals surface area contributed by atoms with Crippen LogP contribution in [-0.2, 0) is 9.53 Å². The molecule has 2 aromatic rings. The maximum atomic E-state index is 12.6. The summed E-state index contributed by atoms with van der Waals surface area (Å²) < 4.78 is 6.93. The predicted octanol–water partition coefficient (Wildman–Crippen LogP) is 3.51. The molecule has 2 heterocycles. The van der Waals surface area contributed by atoms with E-state index in [1.165, 1.54) is 11.8 Å². The van der Waals surface area contributed by atoms with Crippen LogP contribution in [0.2, 0.25) is 5.02 Å². The van der Waals surface area contributed by atoms with Crippen LogP contribution in [0.3, 0.4) is 0 Å². The van der Waals surface area contributed by atoms with Crippen molar-refractivity contribution < 1.29 is 9.53 Å². The normalized spacial score (nSPS) is 16.6. The summed E-state index contributed by atoms with van der Waals surface area (Å²) in [6.07, 6.45) is 1.90. The zero-order valence-electron chi connectivity index (χ0n) is 13.5. The molecule has 0 aliphatic carbocycles. The molecule has 1 aliphatic heterocycles. The van der Waals surface area contributed by atoms with E-state index < -0.39 is 6.04 Å². The van der Waals surface area contributed by atoms with Gasteiger partial charge >= 0.3 is 5.97 Å². The van der Waals surface area contributed by atoms with Crippen LogP contribution in [0.15, 0.2) is 40.7 Å². The van der Waals surface area contributed by atoms with Crippen molar-refractivity contribution in [3.63, 3.8) is 0 Å². The minimum absolute atomic E-state index is 0.297. The number of nitrogens with one attached hydrogen (secondary N) is 1. The fraction of sp³-hybridized carbons (Fsp3) is 0.312. The molecule has 1 atom stereocenters. The number of halogens is 1. The standard InChI is InChI=1S/C16H17ClN4O2S/c1-4-23-14(22)12-9(2)18-15-19-16(24-3)20-21(15)13(12)10-7-5-6-8-11(10)17/h5-8,13H,4H2,1-3H3,(H,18,19,20)/t13-/m0/s1. The summed E-state index contributed by atoms with van der Waals surface area (Å²) in [6, 6.07) is 6.93. The number of anilines is 1. The van der Waals surface area contributed by atoms with Crippen LogP contribution >= 0.6 is 23.4 Å². The molecule has 126 valence electrons. The molecule has 3 rings (SSSR count). The fourth-order valence-corrected chi connectivity index (χ4v) is 3.26. The Hall–Kier alpha value is -1.99. The summed E-state index contributed by atoms with van der Waals surface area (Å²) in [5.74, 6) is 0.189. The van der Waals surface area contributed by atoms with Gasteiger partial charge in [0, 0.05) is 16.3 Å². The van der Waals surface area contributed by atoms with Gasteiger partial charge in [0.2, 0.25) is 11.1 Å². The number of rotatable bonds is 4. The van der Waals surface area contributed by atoms with E-state index in [1.54, 1.807) is 17.7 Å². The molecule has 0 saturated carbocycles. The van der Waals surface area contributed by atoms with Gasteiger partial charge in [-0.05, 0) is 26.2 Å². The van der Waals surface area contributed by atoms with Gasteiger partial charge in [-0.15, -0.1) is 5.10 Å². The van der Waals surface area contributed by atoms with Crippen molar-refractivity contribution in [2.24, 2.45) is 0 Å². The quantitative estimate of drug-likeness (QED) is 0.661. The number of hydrogen-bond acceptors (Lipinski definition) is 6. The Bertz CT molecular complexity index is 818. The summed E-state index contributed by atoms with van der Waals surface area (Å²) >= 11 is 7.83. The molecule has 1 N–H and O–H groups in total. The molecule has 0 saturated heterocycles. The number of benzene rings is 1. The molecule has 0 unspecified atom stereocenters. The Morgan fingerprint density at radius 1 is 1.46 bits per heavy atom. The zero-order valence-corrected chi connectivity index (χ0v) is 15.1. The number of fused-ring (bicyclic) bond motifs is 1. The number of thioether (sulfide) groups is 1. The van der Waals surface area contributed by atoms with E-state index in [0.29, 0.717) is 34.0 Å². The Balaban J connectivity index is 2.20. The second kappa shape index (κ2) is 6.86. The van der Waals surface area contributed by atoms with E-state index in [9.17, 15) is 4.79 Å². The van der Waals surface area contributed by atoms with E-state index in [0.717, 1.165) is 5.56 Å². The van der Waals surface area contributed by atoms with E-state index >= 15 is 0 Å². The van der Waals surface area contributed by atoms with Gasteiger partial charge in [-0.1, -0.05) is 41.6 Å². The van der Waals surface area contributed by atoms with Crippen LogP contribution < -0.4 is 5.32 Å². The van der Waals surface area contributed by atoms with Crippen molar-refractivity contribution in [1.82, 2.24) is 14.8 Å². The third kappa shape index (κ3) is 2.89. The lowest BCUT2D eigenvalue weighted by molar-refractivity contribution is -0.139. The van der Waals surface area contributed by atoms with Gasteiger partial charge in [0.05, 0.1) is 12.2 Å². The Morgan fingerprint density at radius 3 is 2.88 bits per heavy atom. The number of esters is 1. The number of carbonyl (C=O) groups is 1. The topological polar surface area (TPSA) is 69.0 Å². The lowest BCUT2D eigenvalue weighted by Gasteiger charge is -2.28.